The summed E-state index contributed by atoms with van der Waals surface area (Å²) >= 11 is 3.52. The Morgan fingerprint density at radius 1 is 1.10 bits per heavy atom. The van der Waals surface area contributed by atoms with Gasteiger partial charge in [0, 0.05) is 10.2 Å². The normalized spacial score (nSPS) is 19.5. The Kier molecular flexibility index (Phi) is 5.11. The zero-order valence-electron chi connectivity index (χ0n) is 16.9. The number of carbonyl (C=O) groups is 1. The lowest BCUT2D eigenvalue weighted by molar-refractivity contribution is -0.146. The third-order valence-corrected chi connectivity index (χ3v) is 6.59. The Labute approximate surface area is 184 Å². The van der Waals surface area contributed by atoms with E-state index in [9.17, 15) is 4.79 Å². The van der Waals surface area contributed by atoms with E-state index in [1.54, 1.807) is 0 Å². The van der Waals surface area contributed by atoms with Crippen molar-refractivity contribution in [2.45, 2.75) is 51.2 Å². The smallest absolute Gasteiger partial charge is 0.338 e. The van der Waals surface area contributed by atoms with E-state index in [0.29, 0.717) is 5.57 Å². The molecule has 1 aliphatic carbocycles. The van der Waals surface area contributed by atoms with Gasteiger partial charge in [-0.25, -0.2) is 9.78 Å². The van der Waals surface area contributed by atoms with Crippen LogP contribution in [0.4, 0.5) is 5.95 Å². The number of hydrogen-bond acceptors (Lipinski definition) is 4. The molecule has 1 aromatic heterocycles. The molecule has 30 heavy (non-hydrogen) atoms. The van der Waals surface area contributed by atoms with Gasteiger partial charge in [0.25, 0.3) is 0 Å². The number of fused-ring (bicyclic) bond motifs is 3. The van der Waals surface area contributed by atoms with Gasteiger partial charge in [0.15, 0.2) is 0 Å². The van der Waals surface area contributed by atoms with Gasteiger partial charge in [0.2, 0.25) is 5.95 Å². The molecule has 3 aromatic rings. The molecule has 1 atom stereocenters. The van der Waals surface area contributed by atoms with Crippen LogP contribution in [0, 0.1) is 0 Å². The minimum atomic E-state index is -0.294. The summed E-state index contributed by atoms with van der Waals surface area (Å²) in [6.07, 6.45) is 5.39. The monoisotopic (exact) mass is 465 g/mol. The zero-order valence-corrected chi connectivity index (χ0v) is 18.5. The molecule has 1 saturated carbocycles. The van der Waals surface area contributed by atoms with E-state index in [2.05, 4.69) is 37.9 Å². The van der Waals surface area contributed by atoms with Gasteiger partial charge in [0.05, 0.1) is 22.6 Å². The van der Waals surface area contributed by atoms with Crippen molar-refractivity contribution in [3.63, 3.8) is 0 Å². The molecule has 154 valence electrons. The number of ether oxygens (including phenoxy) is 1. The number of rotatable bonds is 3. The van der Waals surface area contributed by atoms with Crippen LogP contribution in [-0.4, -0.2) is 21.6 Å². The second kappa shape index (κ2) is 7.91. The molecule has 0 bridgehead atoms. The van der Waals surface area contributed by atoms with E-state index in [1.165, 1.54) is 6.42 Å². The number of nitrogens with zero attached hydrogens (tertiary/aromatic N) is 2. The Balaban J connectivity index is 1.62. The Morgan fingerprint density at radius 2 is 1.83 bits per heavy atom. The summed E-state index contributed by atoms with van der Waals surface area (Å²) in [7, 11) is 0. The zero-order chi connectivity index (χ0) is 20.7. The first-order valence-electron chi connectivity index (χ1n) is 10.5. The van der Waals surface area contributed by atoms with Crippen LogP contribution in [0.1, 0.15) is 50.6 Å². The molecule has 5 rings (SSSR count). The first-order valence-corrected chi connectivity index (χ1v) is 11.3. The number of imidazole rings is 1. The number of esters is 1. The van der Waals surface area contributed by atoms with E-state index in [0.717, 1.165) is 58.4 Å². The molecule has 2 heterocycles. The van der Waals surface area contributed by atoms with Gasteiger partial charge in [-0.2, -0.15) is 0 Å². The predicted molar refractivity (Wildman–Crippen MR) is 121 cm³/mol. The lowest BCUT2D eigenvalue weighted by Gasteiger charge is -2.31. The van der Waals surface area contributed by atoms with Crippen molar-refractivity contribution >= 4 is 38.9 Å². The average molecular weight is 466 g/mol. The van der Waals surface area contributed by atoms with Gasteiger partial charge in [-0.3, -0.25) is 4.57 Å². The van der Waals surface area contributed by atoms with E-state index < -0.39 is 0 Å². The topological polar surface area (TPSA) is 56.2 Å². The number of nitrogens with one attached hydrogen (secondary N) is 1. The number of allylic oxidation sites excluding steroid dienone is 1. The second-order valence-corrected chi connectivity index (χ2v) is 8.99. The highest BCUT2D eigenvalue weighted by atomic mass is 79.9. The maximum Gasteiger partial charge on any atom is 0.338 e. The average Bonchev–Trinajstić information content (AvgIpc) is 3.12. The van der Waals surface area contributed by atoms with Crippen molar-refractivity contribution in [3.8, 4) is 0 Å². The number of carbonyl (C=O) groups excluding carboxylic acids is 1. The Morgan fingerprint density at radius 3 is 2.60 bits per heavy atom. The van der Waals surface area contributed by atoms with Crippen LogP contribution < -0.4 is 5.32 Å². The Hall–Kier alpha value is -2.60. The van der Waals surface area contributed by atoms with Crippen LogP contribution >= 0.6 is 15.9 Å². The number of benzene rings is 2. The molecule has 1 N–H and O–H groups in total. The standard InChI is InChI=1S/C24H24BrN3O2/c1-15-21(23(29)30-18-7-3-2-4-8-18)22(16-11-13-17(25)14-12-16)28-20-10-6-5-9-19(20)27-24(28)26-15/h5-6,9-14,18,22H,2-4,7-8H2,1H3,(H,26,27)/t22-/m0/s1. The highest BCUT2D eigenvalue weighted by Gasteiger charge is 2.36. The van der Waals surface area contributed by atoms with Crippen LogP contribution in [0.25, 0.3) is 11.0 Å². The van der Waals surface area contributed by atoms with Gasteiger partial charge in [-0.05, 0) is 62.4 Å². The second-order valence-electron chi connectivity index (χ2n) is 8.08. The number of aromatic nitrogens is 2. The number of para-hydroxylation sites is 2. The van der Waals surface area contributed by atoms with Gasteiger partial charge < -0.3 is 10.1 Å². The molecule has 0 saturated heterocycles. The molecule has 2 aliphatic rings. The van der Waals surface area contributed by atoms with Crippen molar-refractivity contribution in [1.82, 2.24) is 9.55 Å². The molecule has 5 nitrogen and oxygen atoms in total. The fraction of sp³-hybridized carbons (Fsp3) is 0.333. The van der Waals surface area contributed by atoms with Gasteiger partial charge in [-0.1, -0.05) is 46.6 Å². The van der Waals surface area contributed by atoms with E-state index in [4.69, 9.17) is 9.72 Å². The minimum absolute atomic E-state index is 0.0121. The molecule has 2 aromatic carbocycles. The quantitative estimate of drug-likeness (QED) is 0.484. The summed E-state index contributed by atoms with van der Waals surface area (Å²) < 4.78 is 9.12. The molecule has 1 fully saturated rings. The maximum atomic E-state index is 13.4. The predicted octanol–water partition coefficient (Wildman–Crippen LogP) is 5.96. The van der Waals surface area contributed by atoms with E-state index in [-0.39, 0.29) is 18.1 Å². The van der Waals surface area contributed by atoms with Crippen LogP contribution in [0.3, 0.4) is 0 Å². The summed E-state index contributed by atoms with van der Waals surface area (Å²) in [5.74, 6) is 0.513. The molecular formula is C24H24BrN3O2. The van der Waals surface area contributed by atoms with Crippen molar-refractivity contribution in [1.29, 1.82) is 0 Å². The van der Waals surface area contributed by atoms with E-state index in [1.807, 2.05) is 43.3 Å². The van der Waals surface area contributed by atoms with Crippen molar-refractivity contribution in [2.24, 2.45) is 0 Å². The first kappa shape index (κ1) is 19.4. The fourth-order valence-corrected chi connectivity index (χ4v) is 4.85. The number of anilines is 1. The SMILES string of the molecule is CC1=C(C(=O)OC2CCCCC2)[C@H](c2ccc(Br)cc2)n2c(nc3ccccc32)N1. The molecule has 0 amide bonds. The van der Waals surface area contributed by atoms with Gasteiger partial charge >= 0.3 is 5.97 Å². The van der Waals surface area contributed by atoms with Gasteiger partial charge in [-0.15, -0.1) is 0 Å². The summed E-state index contributed by atoms with van der Waals surface area (Å²) in [6, 6.07) is 15.9. The molecule has 6 heteroatoms. The number of hydrogen-bond donors (Lipinski definition) is 1. The highest BCUT2D eigenvalue weighted by molar-refractivity contribution is 9.10. The lowest BCUT2D eigenvalue weighted by Crippen LogP contribution is -2.31. The molecule has 0 spiro atoms. The third-order valence-electron chi connectivity index (χ3n) is 6.06. The number of halogens is 1. The summed E-state index contributed by atoms with van der Waals surface area (Å²) in [5, 5.41) is 3.35. The largest absolute Gasteiger partial charge is 0.459 e. The molecule has 0 radical (unpaired) electrons. The molecule has 1 aliphatic heterocycles. The molecule has 0 unspecified atom stereocenters. The highest BCUT2D eigenvalue weighted by Crippen LogP contribution is 2.40. The van der Waals surface area contributed by atoms with Crippen molar-refractivity contribution in [3.05, 3.63) is 69.8 Å². The van der Waals surface area contributed by atoms with Gasteiger partial charge in [0.1, 0.15) is 6.10 Å². The van der Waals surface area contributed by atoms with Crippen LogP contribution in [0.2, 0.25) is 0 Å². The maximum absolute atomic E-state index is 13.4. The third kappa shape index (κ3) is 3.43. The summed E-state index contributed by atoms with van der Waals surface area (Å²) in [5.41, 5.74) is 4.37. The minimum Gasteiger partial charge on any atom is -0.459 e. The van der Waals surface area contributed by atoms with Crippen LogP contribution in [-0.2, 0) is 9.53 Å². The van der Waals surface area contributed by atoms with Crippen LogP contribution in [0.5, 0.6) is 0 Å². The fourth-order valence-electron chi connectivity index (χ4n) is 4.59. The van der Waals surface area contributed by atoms with E-state index >= 15 is 0 Å². The molecular weight excluding hydrogens is 442 g/mol. The van der Waals surface area contributed by atoms with Crippen molar-refractivity contribution in [2.75, 3.05) is 5.32 Å². The summed E-state index contributed by atoms with van der Waals surface area (Å²) in [4.78, 5) is 18.2. The van der Waals surface area contributed by atoms with Crippen molar-refractivity contribution < 1.29 is 9.53 Å². The lowest BCUT2D eigenvalue weighted by atomic mass is 9.94. The van der Waals surface area contributed by atoms with Crippen LogP contribution in [0.15, 0.2) is 64.3 Å². The first-order chi connectivity index (χ1) is 14.6. The summed E-state index contributed by atoms with van der Waals surface area (Å²) in [6.45, 7) is 1.94. The Bertz CT molecular complexity index is 1130.